The highest BCUT2D eigenvalue weighted by Gasteiger charge is 2.42. The molecule has 80 valence electrons. The summed E-state index contributed by atoms with van der Waals surface area (Å²) in [6.45, 7) is 5.91. The van der Waals surface area contributed by atoms with Gasteiger partial charge in [-0.3, -0.25) is 8.98 Å². The van der Waals surface area contributed by atoms with Crippen LogP contribution in [0.5, 0.6) is 0 Å². The van der Waals surface area contributed by atoms with E-state index >= 15 is 0 Å². The molecular formula is C8H13NO4S. The first-order valence-electron chi connectivity index (χ1n) is 4.11. The number of rotatable bonds is 1. The van der Waals surface area contributed by atoms with Crippen molar-refractivity contribution < 1.29 is 17.4 Å². The first kappa shape index (κ1) is 11.2. The maximum atomic E-state index is 11.3. The Morgan fingerprint density at radius 2 is 1.93 bits per heavy atom. The van der Waals surface area contributed by atoms with Crippen LogP contribution < -0.4 is 5.32 Å². The van der Waals surface area contributed by atoms with Crippen molar-refractivity contribution in [3.05, 3.63) is 10.6 Å². The van der Waals surface area contributed by atoms with Gasteiger partial charge in [0, 0.05) is 6.92 Å². The number of amides is 1. The van der Waals surface area contributed by atoms with E-state index in [1.54, 1.807) is 13.8 Å². The lowest BCUT2D eigenvalue weighted by Crippen LogP contribution is -2.33. The Balaban J connectivity index is 3.22. The summed E-state index contributed by atoms with van der Waals surface area (Å²) in [5.41, 5.74) is -0.681. The Labute approximate surface area is 83.3 Å². The smallest absolute Gasteiger partial charge is 0.295 e. The van der Waals surface area contributed by atoms with Crippen molar-refractivity contribution in [2.45, 2.75) is 33.3 Å². The van der Waals surface area contributed by atoms with Gasteiger partial charge >= 0.3 is 0 Å². The molecule has 1 rings (SSSR count). The maximum Gasteiger partial charge on any atom is 0.295 e. The lowest BCUT2D eigenvalue weighted by Gasteiger charge is -2.19. The second-order valence-corrected chi connectivity index (χ2v) is 5.35. The van der Waals surface area contributed by atoms with Crippen molar-refractivity contribution in [1.29, 1.82) is 0 Å². The van der Waals surface area contributed by atoms with Crippen molar-refractivity contribution in [2.75, 3.05) is 0 Å². The predicted octanol–water partition coefficient (Wildman–Crippen LogP) is 0.493. The Kier molecular flexibility index (Phi) is 2.45. The van der Waals surface area contributed by atoms with E-state index in [0.29, 0.717) is 5.70 Å². The van der Waals surface area contributed by atoms with Crippen LogP contribution in [0.2, 0.25) is 0 Å². The van der Waals surface area contributed by atoms with Crippen LogP contribution in [0.25, 0.3) is 0 Å². The van der Waals surface area contributed by atoms with E-state index in [4.69, 9.17) is 4.18 Å². The molecule has 1 aliphatic rings. The maximum absolute atomic E-state index is 11.3. The molecule has 0 aromatic heterocycles. The van der Waals surface area contributed by atoms with E-state index in [1.807, 2.05) is 0 Å². The average Bonchev–Trinajstić information content (AvgIpc) is 2.08. The Hall–Kier alpha value is -0.880. The van der Waals surface area contributed by atoms with Crippen molar-refractivity contribution >= 4 is 16.0 Å². The zero-order valence-corrected chi connectivity index (χ0v) is 9.36. The van der Waals surface area contributed by atoms with Gasteiger partial charge in [-0.2, -0.15) is 8.42 Å². The Morgan fingerprint density at radius 3 is 2.21 bits per heavy atom. The molecule has 0 fully saturated rings. The summed E-state index contributed by atoms with van der Waals surface area (Å²) in [6, 6.07) is 0. The van der Waals surface area contributed by atoms with Crippen LogP contribution in [0.1, 0.15) is 27.7 Å². The van der Waals surface area contributed by atoms with Gasteiger partial charge in [-0.05, 0) is 20.8 Å². The summed E-state index contributed by atoms with van der Waals surface area (Å²) in [4.78, 5) is 10.9. The van der Waals surface area contributed by atoms with Gasteiger partial charge in [0.1, 0.15) is 5.60 Å². The molecule has 0 unspecified atom stereocenters. The molecule has 0 bridgehead atoms. The highest BCUT2D eigenvalue weighted by atomic mass is 32.2. The first-order chi connectivity index (χ1) is 6.17. The molecule has 0 spiro atoms. The number of hydrogen-bond donors (Lipinski definition) is 1. The van der Waals surface area contributed by atoms with E-state index in [9.17, 15) is 13.2 Å². The van der Waals surface area contributed by atoms with E-state index in [1.165, 1.54) is 13.8 Å². The van der Waals surface area contributed by atoms with Gasteiger partial charge in [-0.25, -0.2) is 0 Å². The lowest BCUT2D eigenvalue weighted by molar-refractivity contribution is -0.118. The summed E-state index contributed by atoms with van der Waals surface area (Å²) in [6.07, 6.45) is 0. The standard InChI is InChI=1S/C8H13NO4S/c1-5-7(9-6(2)10)8(3,4)13-14(5,11)12/h1-4H3,(H,9,10). The molecule has 5 nitrogen and oxygen atoms in total. The molecule has 0 saturated heterocycles. The molecule has 1 aliphatic heterocycles. The van der Waals surface area contributed by atoms with Crippen molar-refractivity contribution in [2.24, 2.45) is 0 Å². The van der Waals surface area contributed by atoms with Gasteiger partial charge in [-0.1, -0.05) is 0 Å². The predicted molar refractivity (Wildman–Crippen MR) is 50.6 cm³/mol. The van der Waals surface area contributed by atoms with Gasteiger partial charge < -0.3 is 5.32 Å². The zero-order valence-electron chi connectivity index (χ0n) is 8.54. The molecule has 0 aromatic rings. The minimum atomic E-state index is -3.66. The monoisotopic (exact) mass is 219 g/mol. The third kappa shape index (κ3) is 1.80. The molecule has 0 aromatic carbocycles. The molecule has 0 radical (unpaired) electrons. The third-order valence-electron chi connectivity index (χ3n) is 1.95. The van der Waals surface area contributed by atoms with Crippen LogP contribution in [0.15, 0.2) is 10.6 Å². The van der Waals surface area contributed by atoms with E-state index < -0.39 is 15.7 Å². The largest absolute Gasteiger partial charge is 0.326 e. The van der Waals surface area contributed by atoms with Crippen LogP contribution in [0, 0.1) is 0 Å². The molecule has 0 atom stereocenters. The quantitative estimate of drug-likeness (QED) is 0.651. The Morgan fingerprint density at radius 1 is 1.43 bits per heavy atom. The van der Waals surface area contributed by atoms with Gasteiger partial charge in [0.2, 0.25) is 5.91 Å². The molecule has 6 heteroatoms. The van der Waals surface area contributed by atoms with Crippen LogP contribution >= 0.6 is 0 Å². The van der Waals surface area contributed by atoms with Gasteiger partial charge in [0.15, 0.2) is 0 Å². The number of carbonyl (C=O) groups excluding carboxylic acids is 1. The zero-order chi connectivity index (χ0) is 11.1. The minimum Gasteiger partial charge on any atom is -0.326 e. The average molecular weight is 219 g/mol. The fraction of sp³-hybridized carbons (Fsp3) is 0.625. The van der Waals surface area contributed by atoms with Crippen LogP contribution in [0.3, 0.4) is 0 Å². The summed E-state index contributed by atoms with van der Waals surface area (Å²) in [5, 5.41) is 2.47. The van der Waals surface area contributed by atoms with Crippen LogP contribution in [-0.4, -0.2) is 19.9 Å². The van der Waals surface area contributed by atoms with Gasteiger partial charge in [-0.15, -0.1) is 0 Å². The van der Waals surface area contributed by atoms with Crippen molar-refractivity contribution in [3.63, 3.8) is 0 Å². The molecule has 1 N–H and O–H groups in total. The first-order valence-corrected chi connectivity index (χ1v) is 5.52. The molecular weight excluding hydrogens is 206 g/mol. The summed E-state index contributed by atoms with van der Waals surface area (Å²) in [7, 11) is -3.66. The van der Waals surface area contributed by atoms with Gasteiger partial charge in [0.25, 0.3) is 10.1 Å². The normalized spacial score (nSPS) is 23.7. The second kappa shape index (κ2) is 3.06. The third-order valence-corrected chi connectivity index (χ3v) is 3.54. The topological polar surface area (TPSA) is 72.5 Å². The number of nitrogens with one attached hydrogen (secondary N) is 1. The molecule has 1 heterocycles. The molecule has 0 saturated carbocycles. The molecule has 14 heavy (non-hydrogen) atoms. The van der Waals surface area contributed by atoms with E-state index in [0.717, 1.165) is 0 Å². The SMILES string of the molecule is CC(=O)NC1=C(C)S(=O)(=O)OC1(C)C. The van der Waals surface area contributed by atoms with Crippen LogP contribution in [-0.2, 0) is 19.1 Å². The van der Waals surface area contributed by atoms with E-state index in [-0.39, 0.29) is 10.8 Å². The highest BCUT2D eigenvalue weighted by molar-refractivity contribution is 7.91. The summed E-state index contributed by atoms with van der Waals surface area (Å²) in [5.74, 6) is -0.312. The fourth-order valence-electron chi connectivity index (χ4n) is 1.34. The Bertz CT molecular complexity index is 405. The second-order valence-electron chi connectivity index (χ2n) is 3.66. The number of carbonyl (C=O) groups is 1. The number of allylic oxidation sites excluding steroid dienone is 1. The number of hydrogen-bond acceptors (Lipinski definition) is 4. The van der Waals surface area contributed by atoms with Gasteiger partial charge in [0.05, 0.1) is 10.6 Å². The van der Waals surface area contributed by atoms with E-state index in [2.05, 4.69) is 5.32 Å². The lowest BCUT2D eigenvalue weighted by atomic mass is 10.1. The summed E-state index contributed by atoms with van der Waals surface area (Å²) < 4.78 is 27.5. The molecule has 0 aliphatic carbocycles. The van der Waals surface area contributed by atoms with Crippen molar-refractivity contribution in [1.82, 2.24) is 5.32 Å². The highest BCUT2D eigenvalue weighted by Crippen LogP contribution is 2.34. The minimum absolute atomic E-state index is 0.0673. The molecule has 1 amide bonds. The van der Waals surface area contributed by atoms with Crippen molar-refractivity contribution in [3.8, 4) is 0 Å². The fourth-order valence-corrected chi connectivity index (χ4v) is 2.65. The van der Waals surface area contributed by atoms with Crippen LogP contribution in [0.4, 0.5) is 0 Å². The summed E-state index contributed by atoms with van der Waals surface area (Å²) >= 11 is 0.